The lowest BCUT2D eigenvalue weighted by Crippen LogP contribution is -2.21. The van der Waals surface area contributed by atoms with E-state index in [1.807, 2.05) is 13.8 Å². The number of benzene rings is 1. The van der Waals surface area contributed by atoms with Gasteiger partial charge in [-0.05, 0) is 31.4 Å². The highest BCUT2D eigenvalue weighted by Gasteiger charge is 2.31. The molecule has 0 saturated heterocycles. The number of aryl methyl sites for hydroxylation is 2. The van der Waals surface area contributed by atoms with Crippen LogP contribution in [-0.2, 0) is 11.2 Å². The summed E-state index contributed by atoms with van der Waals surface area (Å²) < 4.78 is 0. The van der Waals surface area contributed by atoms with Crippen LogP contribution in [0.2, 0.25) is 0 Å². The number of anilines is 1. The number of hydrogen-bond donors (Lipinski definition) is 2. The molecule has 1 aromatic heterocycles. The molecule has 2 atom stereocenters. The number of hydrogen-bond acceptors (Lipinski definition) is 3. The Kier molecular flexibility index (Phi) is 3.76. The Hall–Kier alpha value is -1.75. The first kappa shape index (κ1) is 14.2. The zero-order valence-corrected chi connectivity index (χ0v) is 13.3. The predicted octanol–water partition coefficient (Wildman–Crippen LogP) is 3.44. The minimum Gasteiger partial charge on any atom is -0.308 e. The van der Waals surface area contributed by atoms with Gasteiger partial charge in [0.25, 0.3) is 0 Å². The number of nitrogens with zero attached hydrogens (tertiary/aromatic N) is 1. The molecular formula is C16H19N3OS. The number of H-pyrrole nitrogens is 1. The number of carbonyl (C=O) groups excluding carboxylic acids is 1. The Morgan fingerprint density at radius 1 is 1.29 bits per heavy atom. The number of amides is 1. The monoisotopic (exact) mass is 301 g/mol. The van der Waals surface area contributed by atoms with Crippen LogP contribution in [-0.4, -0.2) is 21.4 Å². The van der Waals surface area contributed by atoms with Gasteiger partial charge in [-0.15, -0.1) is 11.8 Å². The van der Waals surface area contributed by atoms with E-state index in [9.17, 15) is 4.79 Å². The largest absolute Gasteiger partial charge is 0.308 e. The van der Waals surface area contributed by atoms with Crippen molar-refractivity contribution in [3.63, 3.8) is 0 Å². The van der Waals surface area contributed by atoms with Crippen molar-refractivity contribution < 1.29 is 4.79 Å². The number of fused-ring (bicyclic) bond motifs is 1. The molecule has 0 spiro atoms. The maximum atomic E-state index is 12.1. The lowest BCUT2D eigenvalue weighted by molar-refractivity contribution is -0.115. The summed E-state index contributed by atoms with van der Waals surface area (Å²) in [5.74, 6) is 0.680. The molecule has 0 radical (unpaired) electrons. The lowest BCUT2D eigenvalue weighted by atomic mass is 10.0. The summed E-state index contributed by atoms with van der Waals surface area (Å²) in [6, 6.07) is 8.65. The van der Waals surface area contributed by atoms with Crippen molar-refractivity contribution in [3.8, 4) is 0 Å². The molecule has 0 saturated carbocycles. The molecule has 2 heterocycles. The quantitative estimate of drug-likeness (QED) is 0.893. The number of aromatic nitrogens is 2. The second-order valence-corrected chi connectivity index (χ2v) is 6.80. The summed E-state index contributed by atoms with van der Waals surface area (Å²) in [7, 11) is 0. The van der Waals surface area contributed by atoms with Crippen LogP contribution in [0.5, 0.6) is 0 Å². The molecule has 2 N–H and O–H groups in total. The van der Waals surface area contributed by atoms with Crippen LogP contribution < -0.4 is 5.32 Å². The van der Waals surface area contributed by atoms with E-state index in [1.165, 1.54) is 11.1 Å². The first-order chi connectivity index (χ1) is 10.1. The fourth-order valence-corrected chi connectivity index (χ4v) is 3.91. The van der Waals surface area contributed by atoms with E-state index >= 15 is 0 Å². The van der Waals surface area contributed by atoms with Gasteiger partial charge in [0, 0.05) is 11.3 Å². The Morgan fingerprint density at radius 3 is 2.67 bits per heavy atom. The highest BCUT2D eigenvalue weighted by molar-refractivity contribution is 8.01. The van der Waals surface area contributed by atoms with Crippen LogP contribution in [0.4, 0.5) is 5.82 Å². The molecule has 3 rings (SSSR count). The van der Waals surface area contributed by atoms with Crippen molar-refractivity contribution in [2.75, 3.05) is 5.32 Å². The van der Waals surface area contributed by atoms with Gasteiger partial charge >= 0.3 is 0 Å². The second kappa shape index (κ2) is 5.56. The summed E-state index contributed by atoms with van der Waals surface area (Å²) in [5.41, 5.74) is 4.63. The number of aromatic amines is 1. The fourth-order valence-electron chi connectivity index (χ4n) is 2.58. The van der Waals surface area contributed by atoms with E-state index in [4.69, 9.17) is 0 Å². The summed E-state index contributed by atoms with van der Waals surface area (Å²) in [4.78, 5) is 12.1. The predicted molar refractivity (Wildman–Crippen MR) is 86.7 cm³/mol. The maximum Gasteiger partial charge on any atom is 0.238 e. The molecule has 21 heavy (non-hydrogen) atoms. The van der Waals surface area contributed by atoms with E-state index in [0.717, 1.165) is 17.7 Å². The van der Waals surface area contributed by atoms with Crippen LogP contribution in [0.1, 0.15) is 41.5 Å². The van der Waals surface area contributed by atoms with Crippen molar-refractivity contribution >= 4 is 23.5 Å². The Morgan fingerprint density at radius 2 is 2.00 bits per heavy atom. The first-order valence-electron chi connectivity index (χ1n) is 7.20. The van der Waals surface area contributed by atoms with E-state index in [-0.39, 0.29) is 16.4 Å². The molecule has 0 bridgehead atoms. The number of thioether (sulfide) groups is 1. The summed E-state index contributed by atoms with van der Waals surface area (Å²) in [6.07, 6.45) is 1.03. The average Bonchev–Trinajstić information content (AvgIpc) is 2.79. The van der Waals surface area contributed by atoms with Gasteiger partial charge in [-0.25, -0.2) is 0 Å². The Balaban J connectivity index is 2.06. The molecule has 110 valence electrons. The van der Waals surface area contributed by atoms with E-state index in [2.05, 4.69) is 46.7 Å². The number of carbonyl (C=O) groups is 1. The summed E-state index contributed by atoms with van der Waals surface area (Å²) in [6.45, 7) is 6.10. The van der Waals surface area contributed by atoms with Crippen LogP contribution in [0, 0.1) is 6.92 Å². The van der Waals surface area contributed by atoms with E-state index in [0.29, 0.717) is 5.82 Å². The van der Waals surface area contributed by atoms with E-state index < -0.39 is 0 Å². The van der Waals surface area contributed by atoms with Gasteiger partial charge in [-0.2, -0.15) is 5.10 Å². The van der Waals surface area contributed by atoms with Gasteiger partial charge in [0.05, 0.1) is 10.5 Å². The minimum absolute atomic E-state index is 0.0143. The van der Waals surface area contributed by atoms with Crippen molar-refractivity contribution in [1.82, 2.24) is 10.2 Å². The fraction of sp³-hybridized carbons (Fsp3) is 0.375. The molecule has 4 nitrogen and oxygen atoms in total. The normalized spacial score (nSPS) is 21.6. The van der Waals surface area contributed by atoms with Crippen molar-refractivity contribution in [2.45, 2.75) is 37.7 Å². The standard InChI is InChI=1S/C16H19N3OS/c1-4-11-5-7-12(8-6-11)14-13-9(2)18-19-15(13)17-16(20)10(3)21-14/h5-8,10,14H,4H2,1-3H3,(H2,17,18,19,20)/t10-,14-/m1/s1. The SMILES string of the molecule is CCc1ccc([C@H]2S[C@H](C)C(=O)Nc3n[nH]c(C)c32)cc1. The Bertz CT molecular complexity index is 663. The molecule has 1 aromatic carbocycles. The molecule has 0 aliphatic carbocycles. The van der Waals surface area contributed by atoms with Gasteiger partial charge in [-0.3, -0.25) is 9.89 Å². The molecule has 2 aromatic rings. The minimum atomic E-state index is -0.102. The number of nitrogens with one attached hydrogen (secondary N) is 2. The Labute approximate surface area is 128 Å². The molecule has 0 unspecified atom stereocenters. The molecule has 1 aliphatic rings. The molecule has 1 aliphatic heterocycles. The van der Waals surface area contributed by atoms with Gasteiger partial charge in [-0.1, -0.05) is 31.2 Å². The van der Waals surface area contributed by atoms with Gasteiger partial charge in [0.1, 0.15) is 0 Å². The number of rotatable bonds is 2. The smallest absolute Gasteiger partial charge is 0.238 e. The van der Waals surface area contributed by atoms with E-state index in [1.54, 1.807) is 11.8 Å². The van der Waals surface area contributed by atoms with Crippen molar-refractivity contribution in [3.05, 3.63) is 46.6 Å². The van der Waals surface area contributed by atoms with Gasteiger partial charge < -0.3 is 5.32 Å². The third-order valence-electron chi connectivity index (χ3n) is 3.90. The molecule has 1 amide bonds. The van der Waals surface area contributed by atoms with Crippen molar-refractivity contribution in [2.24, 2.45) is 0 Å². The van der Waals surface area contributed by atoms with Crippen molar-refractivity contribution in [1.29, 1.82) is 0 Å². The zero-order chi connectivity index (χ0) is 15.0. The highest BCUT2D eigenvalue weighted by Crippen LogP contribution is 2.44. The summed E-state index contributed by atoms with van der Waals surface area (Å²) >= 11 is 1.67. The third kappa shape index (κ3) is 2.58. The maximum absolute atomic E-state index is 12.1. The van der Waals surface area contributed by atoms with Gasteiger partial charge in [0.15, 0.2) is 5.82 Å². The molecule has 0 fully saturated rings. The topological polar surface area (TPSA) is 57.8 Å². The van der Waals surface area contributed by atoms with Crippen LogP contribution >= 0.6 is 11.8 Å². The van der Waals surface area contributed by atoms with Crippen LogP contribution in [0.3, 0.4) is 0 Å². The average molecular weight is 301 g/mol. The summed E-state index contributed by atoms with van der Waals surface area (Å²) in [5, 5.41) is 10.2. The second-order valence-electron chi connectivity index (χ2n) is 5.35. The van der Waals surface area contributed by atoms with Crippen LogP contribution in [0.25, 0.3) is 0 Å². The zero-order valence-electron chi connectivity index (χ0n) is 12.4. The molecule has 5 heteroatoms. The third-order valence-corrected chi connectivity index (χ3v) is 5.30. The molecular weight excluding hydrogens is 282 g/mol. The lowest BCUT2D eigenvalue weighted by Gasteiger charge is -2.18. The van der Waals surface area contributed by atoms with Gasteiger partial charge in [0.2, 0.25) is 5.91 Å². The first-order valence-corrected chi connectivity index (χ1v) is 8.14. The van der Waals surface area contributed by atoms with Crippen LogP contribution in [0.15, 0.2) is 24.3 Å². The highest BCUT2D eigenvalue weighted by atomic mass is 32.2.